The number of ether oxygens (including phenoxy) is 2. The maximum atomic E-state index is 9.68. The Kier molecular flexibility index (Phi) is 5.55. The molecule has 23 heavy (non-hydrogen) atoms. The molecule has 2 rings (SSSR count). The van der Waals surface area contributed by atoms with Gasteiger partial charge in [0.05, 0.1) is 24.0 Å². The van der Waals surface area contributed by atoms with Gasteiger partial charge in [-0.05, 0) is 32.3 Å². The van der Waals surface area contributed by atoms with Gasteiger partial charge in [-0.1, -0.05) is 13.8 Å². The third kappa shape index (κ3) is 3.80. The van der Waals surface area contributed by atoms with Crippen molar-refractivity contribution in [1.82, 2.24) is 10.2 Å². The van der Waals surface area contributed by atoms with Crippen LogP contribution in [0, 0.1) is 11.3 Å². The Bertz CT molecular complexity index is 595. The highest BCUT2D eigenvalue weighted by Crippen LogP contribution is 2.29. The van der Waals surface area contributed by atoms with Gasteiger partial charge in [0.25, 0.3) is 0 Å². The predicted octanol–water partition coefficient (Wildman–Crippen LogP) is 2.10. The average molecular weight is 318 g/mol. The van der Waals surface area contributed by atoms with Crippen LogP contribution in [0.3, 0.4) is 0 Å². The molecule has 2 heterocycles. The van der Waals surface area contributed by atoms with Gasteiger partial charge >= 0.3 is 0 Å². The molecule has 1 aliphatic rings. The molecule has 1 saturated heterocycles. The van der Waals surface area contributed by atoms with Gasteiger partial charge in [0, 0.05) is 20.2 Å². The number of methoxy groups -OCH3 is 1. The van der Waals surface area contributed by atoms with Crippen molar-refractivity contribution >= 4 is 5.82 Å². The summed E-state index contributed by atoms with van der Waals surface area (Å²) in [5.74, 6) is 0.666. The number of aryl methyl sites for hydroxylation is 1. The van der Waals surface area contributed by atoms with E-state index in [4.69, 9.17) is 9.47 Å². The summed E-state index contributed by atoms with van der Waals surface area (Å²) >= 11 is 0. The molecule has 126 valence electrons. The molecule has 1 aromatic heterocycles. The molecule has 0 amide bonds. The summed E-state index contributed by atoms with van der Waals surface area (Å²) in [6, 6.07) is 2.35. The second-order valence-corrected chi connectivity index (χ2v) is 6.48. The molecule has 0 aromatic carbocycles. The third-order valence-corrected chi connectivity index (χ3v) is 4.07. The largest absolute Gasteiger partial charge is 0.382 e. The van der Waals surface area contributed by atoms with Crippen LogP contribution in [0.2, 0.25) is 0 Å². The molecule has 0 bridgehead atoms. The van der Waals surface area contributed by atoms with Gasteiger partial charge in [-0.2, -0.15) is 10.4 Å². The maximum absolute atomic E-state index is 9.68. The summed E-state index contributed by atoms with van der Waals surface area (Å²) in [5, 5.41) is 18.4. The van der Waals surface area contributed by atoms with E-state index in [0.29, 0.717) is 31.1 Å². The average Bonchev–Trinajstić information content (AvgIpc) is 2.51. The van der Waals surface area contributed by atoms with Crippen molar-refractivity contribution in [2.45, 2.75) is 52.2 Å². The van der Waals surface area contributed by atoms with Crippen LogP contribution >= 0.6 is 0 Å². The minimum absolute atomic E-state index is 0.0481. The number of rotatable bonds is 5. The van der Waals surface area contributed by atoms with Crippen molar-refractivity contribution in [3.05, 3.63) is 16.8 Å². The standard InChI is InChI=1S/C17H26N4O2/c1-6-13-14(8-18)16(20-19-15(13)7-2)21-9-12(10-22-5)23-17(3,4)11-21/h12H,6-7,9-11H2,1-5H3/t12-/m1/s1. The lowest BCUT2D eigenvalue weighted by atomic mass is 10.0. The number of hydrogen-bond donors (Lipinski definition) is 0. The number of aromatic nitrogens is 2. The SMILES string of the molecule is CCc1nnc(N2C[C@H](COC)OC(C)(C)C2)c(C#N)c1CC. The van der Waals surface area contributed by atoms with Crippen LogP contribution in [0.1, 0.15) is 44.5 Å². The van der Waals surface area contributed by atoms with Gasteiger partial charge in [-0.15, -0.1) is 5.10 Å². The molecule has 0 radical (unpaired) electrons. The van der Waals surface area contributed by atoms with Crippen molar-refractivity contribution in [3.63, 3.8) is 0 Å². The Hall–Kier alpha value is -1.71. The Morgan fingerprint density at radius 2 is 2.09 bits per heavy atom. The Balaban J connectivity index is 2.42. The highest BCUT2D eigenvalue weighted by molar-refractivity contribution is 5.58. The molecule has 6 nitrogen and oxygen atoms in total. The summed E-state index contributed by atoms with van der Waals surface area (Å²) in [4.78, 5) is 2.11. The van der Waals surface area contributed by atoms with Crippen LogP contribution in [0.25, 0.3) is 0 Å². The lowest BCUT2D eigenvalue weighted by molar-refractivity contribution is -0.106. The third-order valence-electron chi connectivity index (χ3n) is 4.07. The molecule has 1 atom stereocenters. The molecule has 0 spiro atoms. The van der Waals surface area contributed by atoms with Gasteiger partial charge in [-0.3, -0.25) is 0 Å². The first-order chi connectivity index (χ1) is 11.0. The van der Waals surface area contributed by atoms with Crippen LogP contribution in [0.15, 0.2) is 0 Å². The molecule has 1 aliphatic heterocycles. The first kappa shape index (κ1) is 17.6. The maximum Gasteiger partial charge on any atom is 0.169 e. The summed E-state index contributed by atoms with van der Waals surface area (Å²) in [7, 11) is 1.67. The summed E-state index contributed by atoms with van der Waals surface area (Å²) in [6.07, 6.45) is 1.52. The number of morpholine rings is 1. The molecule has 0 saturated carbocycles. The van der Waals surface area contributed by atoms with Crippen LogP contribution in [0.5, 0.6) is 0 Å². The van der Waals surface area contributed by atoms with Gasteiger partial charge in [0.1, 0.15) is 11.6 Å². The number of anilines is 1. The van der Waals surface area contributed by atoms with Gasteiger partial charge in [0.2, 0.25) is 0 Å². The van der Waals surface area contributed by atoms with Crippen molar-refractivity contribution in [2.24, 2.45) is 0 Å². The molecule has 0 aliphatic carbocycles. The normalized spacial score (nSPS) is 20.3. The second-order valence-electron chi connectivity index (χ2n) is 6.48. The second kappa shape index (κ2) is 7.24. The predicted molar refractivity (Wildman–Crippen MR) is 88.5 cm³/mol. The molecule has 1 fully saturated rings. The zero-order chi connectivity index (χ0) is 17.0. The minimum atomic E-state index is -0.328. The van der Waals surface area contributed by atoms with Crippen molar-refractivity contribution in [3.8, 4) is 6.07 Å². The van der Waals surface area contributed by atoms with E-state index in [2.05, 4.69) is 28.1 Å². The fourth-order valence-corrected chi connectivity index (χ4v) is 3.23. The van der Waals surface area contributed by atoms with E-state index in [0.717, 1.165) is 24.1 Å². The van der Waals surface area contributed by atoms with Gasteiger partial charge < -0.3 is 14.4 Å². The van der Waals surface area contributed by atoms with E-state index in [1.807, 2.05) is 20.8 Å². The lowest BCUT2D eigenvalue weighted by Gasteiger charge is -2.43. The van der Waals surface area contributed by atoms with E-state index in [1.54, 1.807) is 7.11 Å². The highest BCUT2D eigenvalue weighted by Gasteiger charge is 2.35. The summed E-state index contributed by atoms with van der Waals surface area (Å²) in [6.45, 7) is 10.0. The van der Waals surface area contributed by atoms with E-state index in [-0.39, 0.29) is 11.7 Å². The first-order valence-corrected chi connectivity index (χ1v) is 8.16. The topological polar surface area (TPSA) is 71.3 Å². The monoisotopic (exact) mass is 318 g/mol. The van der Waals surface area contributed by atoms with Crippen molar-refractivity contribution < 1.29 is 9.47 Å². The zero-order valence-electron chi connectivity index (χ0n) is 14.7. The fraction of sp³-hybridized carbons (Fsp3) is 0.706. The quantitative estimate of drug-likeness (QED) is 0.828. The van der Waals surface area contributed by atoms with Crippen LogP contribution in [-0.2, 0) is 22.3 Å². The van der Waals surface area contributed by atoms with E-state index in [9.17, 15) is 5.26 Å². The molecule has 6 heteroatoms. The molecule has 1 aromatic rings. The van der Waals surface area contributed by atoms with Crippen LogP contribution in [-0.4, -0.2) is 48.7 Å². The summed E-state index contributed by atoms with van der Waals surface area (Å²) in [5.41, 5.74) is 2.24. The molecular formula is C17H26N4O2. The highest BCUT2D eigenvalue weighted by atomic mass is 16.5. The smallest absolute Gasteiger partial charge is 0.169 e. The van der Waals surface area contributed by atoms with Crippen molar-refractivity contribution in [1.29, 1.82) is 5.26 Å². The lowest BCUT2D eigenvalue weighted by Crippen LogP contribution is -2.54. The zero-order valence-corrected chi connectivity index (χ0v) is 14.7. The number of nitriles is 1. The molecule has 0 unspecified atom stereocenters. The summed E-state index contributed by atoms with van der Waals surface area (Å²) < 4.78 is 11.3. The van der Waals surface area contributed by atoms with E-state index < -0.39 is 0 Å². The molecule has 0 N–H and O–H groups in total. The Morgan fingerprint density at radius 3 is 2.65 bits per heavy atom. The fourth-order valence-electron chi connectivity index (χ4n) is 3.23. The number of hydrogen-bond acceptors (Lipinski definition) is 6. The molecular weight excluding hydrogens is 292 g/mol. The Labute approximate surface area is 138 Å². The van der Waals surface area contributed by atoms with Gasteiger partial charge in [-0.25, -0.2) is 0 Å². The van der Waals surface area contributed by atoms with E-state index >= 15 is 0 Å². The van der Waals surface area contributed by atoms with E-state index in [1.165, 1.54) is 0 Å². The minimum Gasteiger partial charge on any atom is -0.382 e. The first-order valence-electron chi connectivity index (χ1n) is 8.16. The van der Waals surface area contributed by atoms with Crippen LogP contribution in [0.4, 0.5) is 5.82 Å². The number of nitrogens with zero attached hydrogens (tertiary/aromatic N) is 4. The van der Waals surface area contributed by atoms with Gasteiger partial charge in [0.15, 0.2) is 5.82 Å². The van der Waals surface area contributed by atoms with Crippen molar-refractivity contribution in [2.75, 3.05) is 31.7 Å². The Morgan fingerprint density at radius 1 is 1.35 bits per heavy atom. The van der Waals surface area contributed by atoms with Crippen LogP contribution < -0.4 is 4.90 Å².